The van der Waals surface area contributed by atoms with E-state index in [2.05, 4.69) is 31.8 Å². The monoisotopic (exact) mass is 790 g/mol. The largest absolute Gasteiger partial charge is 0.371 e. The number of rotatable bonds is 10. The Bertz CT molecular complexity index is 2210. The van der Waals surface area contributed by atoms with E-state index in [9.17, 15) is 34.0 Å². The summed E-state index contributed by atoms with van der Waals surface area (Å²) < 4.78 is 0. The Morgan fingerprint density at radius 1 is 0.860 bits per heavy atom. The minimum absolute atomic E-state index is 0.0707. The van der Waals surface area contributed by atoms with Crippen LogP contribution in [0.2, 0.25) is 5.02 Å². The number of piperidine rings is 2. The quantitative estimate of drug-likeness (QED) is 0.204. The Labute approximate surface area is 335 Å². The predicted octanol–water partition coefficient (Wildman–Crippen LogP) is 3.20. The lowest BCUT2D eigenvalue weighted by Gasteiger charge is -2.41. The molecule has 4 saturated heterocycles. The molecule has 14 nitrogen and oxygen atoms in total. The van der Waals surface area contributed by atoms with Gasteiger partial charge in [0.15, 0.2) is 0 Å². The molecule has 3 aromatic rings. The molecule has 3 N–H and O–H groups in total. The second-order valence-corrected chi connectivity index (χ2v) is 16.1. The van der Waals surface area contributed by atoms with Crippen LogP contribution in [0.1, 0.15) is 79.1 Å². The standard InChI is InChI=1S/C42H43ClN8O6/c43-34-20-31(5-4-29(34)21-44)49-17-12-42(25-49)10-15-48(16-11-42)39(55)28-3-1-2-27(18-28)37(53)46-14-13-45-22-26-23-50(24-26)30-6-7-32-33(19-30)41(57)51(40(32)56)35-8-9-36(52)47-38(35)54/h1-7,18-20,26,35,45H,8-17,22-25H2,(H,46,53)(H,47,52,54). The van der Waals surface area contributed by atoms with Crippen LogP contribution in [0.4, 0.5) is 11.4 Å². The maximum Gasteiger partial charge on any atom is 0.262 e. The first-order valence-electron chi connectivity index (χ1n) is 19.5. The van der Waals surface area contributed by atoms with E-state index in [4.69, 9.17) is 11.6 Å². The molecule has 8 rings (SSSR count). The number of amides is 6. The van der Waals surface area contributed by atoms with Gasteiger partial charge in [-0.15, -0.1) is 0 Å². The molecule has 0 aromatic heterocycles. The molecule has 1 atom stereocenters. The van der Waals surface area contributed by atoms with Crippen molar-refractivity contribution in [3.63, 3.8) is 0 Å². The number of likely N-dealkylation sites (tertiary alicyclic amines) is 1. The minimum atomic E-state index is -0.995. The van der Waals surface area contributed by atoms with Crippen LogP contribution >= 0.6 is 11.6 Å². The number of hydrogen-bond donors (Lipinski definition) is 3. The number of benzene rings is 3. The molecule has 0 aliphatic carbocycles. The minimum Gasteiger partial charge on any atom is -0.371 e. The van der Waals surface area contributed by atoms with Crippen molar-refractivity contribution in [1.82, 2.24) is 25.8 Å². The van der Waals surface area contributed by atoms with Crippen LogP contribution in [0.25, 0.3) is 0 Å². The van der Waals surface area contributed by atoms with Gasteiger partial charge in [0.05, 0.1) is 21.7 Å². The maximum atomic E-state index is 13.5. The lowest BCUT2D eigenvalue weighted by Crippen LogP contribution is -2.54. The first-order chi connectivity index (χ1) is 27.5. The SMILES string of the molecule is N#Cc1ccc(N2CCC3(CCN(C(=O)c4cccc(C(=O)NCCNCC5CN(c6ccc7c(c6)C(=O)N(C6CCC(=O)NC6=O)C7=O)C5)c4)CC3)C2)cc1Cl. The summed E-state index contributed by atoms with van der Waals surface area (Å²) in [6.07, 6.45) is 3.02. The Morgan fingerprint density at radius 2 is 1.58 bits per heavy atom. The Balaban J connectivity index is 0.750. The molecular formula is C42H43ClN8O6. The Hall–Kier alpha value is -5.78. The van der Waals surface area contributed by atoms with Gasteiger partial charge in [-0.05, 0) is 85.7 Å². The molecule has 294 valence electrons. The number of hydrogen-bond acceptors (Lipinski definition) is 10. The summed E-state index contributed by atoms with van der Waals surface area (Å²) in [5.74, 6) is -2.04. The molecule has 5 heterocycles. The van der Waals surface area contributed by atoms with Crippen molar-refractivity contribution in [2.45, 2.75) is 38.1 Å². The first-order valence-corrected chi connectivity index (χ1v) is 19.8. The number of anilines is 2. The number of fused-ring (bicyclic) bond motifs is 1. The van der Waals surface area contributed by atoms with Gasteiger partial charge >= 0.3 is 0 Å². The van der Waals surface area contributed by atoms with E-state index in [1.807, 2.05) is 23.1 Å². The van der Waals surface area contributed by atoms with Gasteiger partial charge in [-0.3, -0.25) is 39.0 Å². The van der Waals surface area contributed by atoms with Crippen molar-refractivity contribution >= 4 is 58.4 Å². The Morgan fingerprint density at radius 3 is 2.33 bits per heavy atom. The highest BCUT2D eigenvalue weighted by molar-refractivity contribution is 6.32. The lowest BCUT2D eigenvalue weighted by molar-refractivity contribution is -0.136. The molecule has 1 unspecified atom stereocenters. The topological polar surface area (TPSA) is 175 Å². The normalized spacial score (nSPS) is 20.4. The van der Waals surface area contributed by atoms with Crippen LogP contribution in [0.3, 0.4) is 0 Å². The number of halogens is 1. The molecule has 0 saturated carbocycles. The van der Waals surface area contributed by atoms with Crippen LogP contribution in [-0.2, 0) is 9.59 Å². The zero-order chi connectivity index (χ0) is 39.8. The number of nitrogens with zero attached hydrogens (tertiary/aromatic N) is 5. The molecule has 15 heteroatoms. The second kappa shape index (κ2) is 15.6. The average Bonchev–Trinajstić information content (AvgIpc) is 3.72. The molecule has 1 spiro atoms. The molecule has 57 heavy (non-hydrogen) atoms. The summed E-state index contributed by atoms with van der Waals surface area (Å²) in [6.45, 7) is 6.33. The third kappa shape index (κ3) is 7.57. The second-order valence-electron chi connectivity index (χ2n) is 15.7. The van der Waals surface area contributed by atoms with Crippen LogP contribution in [0.5, 0.6) is 0 Å². The molecule has 4 fully saturated rings. The summed E-state index contributed by atoms with van der Waals surface area (Å²) in [6, 6.07) is 18.7. The van der Waals surface area contributed by atoms with Crippen LogP contribution in [0, 0.1) is 22.7 Å². The fourth-order valence-electron chi connectivity index (χ4n) is 8.75. The fourth-order valence-corrected chi connectivity index (χ4v) is 8.97. The van der Waals surface area contributed by atoms with Gasteiger partial charge in [-0.1, -0.05) is 17.7 Å². The van der Waals surface area contributed by atoms with Gasteiger partial charge in [0.2, 0.25) is 11.8 Å². The van der Waals surface area contributed by atoms with E-state index in [-0.39, 0.29) is 41.2 Å². The fraction of sp³-hybridized carbons (Fsp3) is 0.405. The van der Waals surface area contributed by atoms with E-state index in [0.29, 0.717) is 53.8 Å². The smallest absolute Gasteiger partial charge is 0.262 e. The zero-order valence-electron chi connectivity index (χ0n) is 31.4. The van der Waals surface area contributed by atoms with Crippen LogP contribution in [0.15, 0.2) is 60.7 Å². The van der Waals surface area contributed by atoms with E-state index in [1.54, 1.807) is 42.5 Å². The van der Waals surface area contributed by atoms with Gasteiger partial charge in [0.1, 0.15) is 12.1 Å². The van der Waals surface area contributed by atoms with E-state index in [0.717, 1.165) is 68.3 Å². The van der Waals surface area contributed by atoms with Crippen molar-refractivity contribution in [2.24, 2.45) is 11.3 Å². The molecule has 0 radical (unpaired) electrons. The van der Waals surface area contributed by atoms with Crippen molar-refractivity contribution in [3.8, 4) is 6.07 Å². The van der Waals surface area contributed by atoms with Gasteiger partial charge in [-0.25, -0.2) is 0 Å². The van der Waals surface area contributed by atoms with Gasteiger partial charge < -0.3 is 25.3 Å². The van der Waals surface area contributed by atoms with Crippen molar-refractivity contribution in [1.29, 1.82) is 5.26 Å². The maximum absolute atomic E-state index is 13.5. The number of nitrogens with one attached hydrogen (secondary N) is 3. The van der Waals surface area contributed by atoms with E-state index < -0.39 is 29.7 Å². The lowest BCUT2D eigenvalue weighted by atomic mass is 9.77. The highest BCUT2D eigenvalue weighted by Gasteiger charge is 2.45. The van der Waals surface area contributed by atoms with Gasteiger partial charge in [-0.2, -0.15) is 5.26 Å². The number of carbonyl (C=O) groups excluding carboxylic acids is 6. The highest BCUT2D eigenvalue weighted by Crippen LogP contribution is 2.43. The Kier molecular flexibility index (Phi) is 10.5. The average molecular weight is 791 g/mol. The highest BCUT2D eigenvalue weighted by atomic mass is 35.5. The molecule has 6 amide bonds. The molecular weight excluding hydrogens is 748 g/mol. The zero-order valence-corrected chi connectivity index (χ0v) is 32.1. The molecule has 5 aliphatic heterocycles. The van der Waals surface area contributed by atoms with E-state index in [1.165, 1.54) is 0 Å². The molecule has 3 aromatic carbocycles. The van der Waals surface area contributed by atoms with Crippen LogP contribution < -0.4 is 25.8 Å². The van der Waals surface area contributed by atoms with Crippen LogP contribution in [-0.4, -0.2) is 110 Å². The van der Waals surface area contributed by atoms with E-state index >= 15 is 0 Å². The third-order valence-electron chi connectivity index (χ3n) is 12.1. The number of nitriles is 1. The van der Waals surface area contributed by atoms with Crippen molar-refractivity contribution in [3.05, 3.63) is 93.5 Å². The summed E-state index contributed by atoms with van der Waals surface area (Å²) in [4.78, 5) is 84.0. The van der Waals surface area contributed by atoms with Crippen molar-refractivity contribution < 1.29 is 28.8 Å². The van der Waals surface area contributed by atoms with Gasteiger partial charge in [0, 0.05) is 93.7 Å². The number of imide groups is 2. The summed E-state index contributed by atoms with van der Waals surface area (Å²) in [7, 11) is 0. The summed E-state index contributed by atoms with van der Waals surface area (Å²) in [5, 5.41) is 18.2. The summed E-state index contributed by atoms with van der Waals surface area (Å²) in [5.41, 5.74) is 3.89. The number of carbonyl (C=O) groups is 6. The van der Waals surface area contributed by atoms with Gasteiger partial charge in [0.25, 0.3) is 23.6 Å². The van der Waals surface area contributed by atoms with Crippen molar-refractivity contribution in [2.75, 3.05) is 68.7 Å². The molecule has 0 bridgehead atoms. The first kappa shape index (κ1) is 38.1. The third-order valence-corrected chi connectivity index (χ3v) is 12.4. The predicted molar refractivity (Wildman–Crippen MR) is 211 cm³/mol. The summed E-state index contributed by atoms with van der Waals surface area (Å²) >= 11 is 6.29. The molecule has 5 aliphatic rings.